The quantitative estimate of drug-likeness (QED) is 0.853. The summed E-state index contributed by atoms with van der Waals surface area (Å²) >= 11 is 0. The predicted octanol–water partition coefficient (Wildman–Crippen LogP) is 2.04. The summed E-state index contributed by atoms with van der Waals surface area (Å²) in [5, 5.41) is 17.4. The first-order valence-corrected chi connectivity index (χ1v) is 5.28. The van der Waals surface area contributed by atoms with Gasteiger partial charge in [0.15, 0.2) is 0 Å². The molecule has 1 N–H and O–H groups in total. The molecular formula is C12H14N2O2. The van der Waals surface area contributed by atoms with Crippen LogP contribution in [0.5, 0.6) is 0 Å². The predicted molar refractivity (Wildman–Crippen MR) is 58.8 cm³/mol. The van der Waals surface area contributed by atoms with Crippen molar-refractivity contribution >= 4 is 0 Å². The second-order valence-corrected chi connectivity index (χ2v) is 3.76. The van der Waals surface area contributed by atoms with Crippen LogP contribution >= 0.6 is 0 Å². The Balaban J connectivity index is 1.94. The van der Waals surface area contributed by atoms with Gasteiger partial charge in [0, 0.05) is 0 Å². The average Bonchev–Trinajstić information content (AvgIpc) is 2.73. The van der Waals surface area contributed by atoms with E-state index in [1.807, 2.05) is 37.3 Å². The van der Waals surface area contributed by atoms with E-state index >= 15 is 0 Å². The van der Waals surface area contributed by atoms with Crippen LogP contribution in [0.1, 0.15) is 29.5 Å². The molecule has 4 nitrogen and oxygen atoms in total. The van der Waals surface area contributed by atoms with Gasteiger partial charge in [-0.1, -0.05) is 40.6 Å². The molecule has 1 aromatic carbocycles. The maximum atomic E-state index is 9.93. The molecule has 0 aliphatic heterocycles. The molecule has 0 spiro atoms. The summed E-state index contributed by atoms with van der Waals surface area (Å²) in [7, 11) is 0. The lowest BCUT2D eigenvalue weighted by atomic mass is 10.0. The number of nitrogens with zero attached hydrogens (tertiary/aromatic N) is 2. The summed E-state index contributed by atoms with van der Waals surface area (Å²) in [6.07, 6.45) is 0.835. The number of aryl methyl sites for hydroxylation is 2. The minimum absolute atomic E-state index is 0.461. The van der Waals surface area contributed by atoms with Gasteiger partial charge in [-0.25, -0.2) is 4.63 Å². The molecule has 1 heterocycles. The van der Waals surface area contributed by atoms with Crippen LogP contribution in [0.15, 0.2) is 35.0 Å². The van der Waals surface area contributed by atoms with Gasteiger partial charge in [-0.05, 0) is 25.3 Å². The van der Waals surface area contributed by atoms with Crippen LogP contribution in [-0.2, 0) is 6.42 Å². The third-order valence-electron chi connectivity index (χ3n) is 2.59. The molecule has 0 aliphatic rings. The molecule has 2 aromatic rings. The maximum Gasteiger partial charge on any atom is 0.108 e. The Bertz CT molecular complexity index is 439. The monoisotopic (exact) mass is 218 g/mol. The van der Waals surface area contributed by atoms with Crippen molar-refractivity contribution in [2.45, 2.75) is 25.9 Å². The van der Waals surface area contributed by atoms with Gasteiger partial charge >= 0.3 is 0 Å². The van der Waals surface area contributed by atoms with E-state index in [0.717, 1.165) is 17.0 Å². The van der Waals surface area contributed by atoms with Crippen molar-refractivity contribution in [1.82, 2.24) is 10.3 Å². The van der Waals surface area contributed by atoms with Gasteiger partial charge in [0.25, 0.3) is 0 Å². The third-order valence-corrected chi connectivity index (χ3v) is 2.59. The number of aliphatic hydroxyl groups excluding tert-OH is 1. The van der Waals surface area contributed by atoms with Crippen LogP contribution in [0.3, 0.4) is 0 Å². The molecule has 2 rings (SSSR count). The van der Waals surface area contributed by atoms with Crippen LogP contribution in [0.4, 0.5) is 0 Å². The van der Waals surface area contributed by atoms with Gasteiger partial charge in [-0.2, -0.15) is 0 Å². The first-order chi connectivity index (χ1) is 7.77. The Labute approximate surface area is 93.9 Å². The highest BCUT2D eigenvalue weighted by Crippen LogP contribution is 2.18. The Morgan fingerprint density at radius 3 is 2.62 bits per heavy atom. The van der Waals surface area contributed by atoms with E-state index in [1.165, 1.54) is 0 Å². The zero-order valence-electron chi connectivity index (χ0n) is 9.13. The number of benzene rings is 1. The molecule has 0 saturated carbocycles. The van der Waals surface area contributed by atoms with Crippen LogP contribution < -0.4 is 0 Å². The van der Waals surface area contributed by atoms with Crippen molar-refractivity contribution in [2.75, 3.05) is 0 Å². The van der Waals surface area contributed by atoms with Gasteiger partial charge in [-0.3, -0.25) is 0 Å². The van der Waals surface area contributed by atoms with Gasteiger partial charge in [-0.15, -0.1) is 0 Å². The molecule has 0 amide bonds. The summed E-state index contributed by atoms with van der Waals surface area (Å²) in [6, 6.07) is 9.60. The summed E-state index contributed by atoms with van der Waals surface area (Å²) in [6.45, 7) is 1.85. The third kappa shape index (κ3) is 2.46. The van der Waals surface area contributed by atoms with Gasteiger partial charge in [0.05, 0.1) is 6.10 Å². The number of aromatic nitrogens is 2. The number of rotatable bonds is 4. The minimum atomic E-state index is -0.461. The van der Waals surface area contributed by atoms with Crippen molar-refractivity contribution < 1.29 is 9.74 Å². The van der Waals surface area contributed by atoms with Crippen LogP contribution in [-0.4, -0.2) is 15.4 Å². The Morgan fingerprint density at radius 2 is 2.00 bits per heavy atom. The van der Waals surface area contributed by atoms with E-state index < -0.39 is 6.10 Å². The number of hydrogen-bond donors (Lipinski definition) is 1. The standard InChI is InChI=1S/C12H14N2O2/c1-9-11(14-16-13-9)7-8-12(15)10-5-3-2-4-6-10/h2-6,12,15H,7-8H2,1H3. The number of aliphatic hydroxyl groups is 1. The van der Waals surface area contributed by atoms with Crippen molar-refractivity contribution in [3.8, 4) is 0 Å². The van der Waals surface area contributed by atoms with Crippen molar-refractivity contribution in [1.29, 1.82) is 0 Å². The lowest BCUT2D eigenvalue weighted by molar-refractivity contribution is 0.167. The first kappa shape index (κ1) is 10.8. The van der Waals surface area contributed by atoms with Crippen molar-refractivity contribution in [3.05, 3.63) is 47.3 Å². The molecular weight excluding hydrogens is 204 g/mol. The SMILES string of the molecule is Cc1nonc1CCC(O)c1ccccc1. The van der Waals surface area contributed by atoms with Crippen LogP contribution in [0.2, 0.25) is 0 Å². The van der Waals surface area contributed by atoms with E-state index in [9.17, 15) is 5.11 Å². The molecule has 0 bridgehead atoms. The summed E-state index contributed by atoms with van der Waals surface area (Å²) < 4.78 is 4.60. The fourth-order valence-corrected chi connectivity index (χ4v) is 1.59. The topological polar surface area (TPSA) is 59.2 Å². The number of hydrogen-bond acceptors (Lipinski definition) is 4. The molecule has 4 heteroatoms. The average molecular weight is 218 g/mol. The minimum Gasteiger partial charge on any atom is -0.388 e. The lowest BCUT2D eigenvalue weighted by Crippen LogP contribution is -2.00. The fraction of sp³-hybridized carbons (Fsp3) is 0.333. The van der Waals surface area contributed by atoms with E-state index in [0.29, 0.717) is 12.8 Å². The zero-order chi connectivity index (χ0) is 11.4. The summed E-state index contributed by atoms with van der Waals surface area (Å²) in [5.41, 5.74) is 2.53. The summed E-state index contributed by atoms with van der Waals surface area (Å²) in [5.74, 6) is 0. The highest BCUT2D eigenvalue weighted by atomic mass is 16.6. The van der Waals surface area contributed by atoms with Gasteiger partial charge in [0.2, 0.25) is 0 Å². The molecule has 0 aliphatic carbocycles. The normalized spacial score (nSPS) is 12.6. The molecule has 0 saturated heterocycles. The van der Waals surface area contributed by atoms with Crippen molar-refractivity contribution in [3.63, 3.8) is 0 Å². The summed E-state index contributed by atoms with van der Waals surface area (Å²) in [4.78, 5) is 0. The molecule has 0 radical (unpaired) electrons. The zero-order valence-corrected chi connectivity index (χ0v) is 9.13. The van der Waals surface area contributed by atoms with E-state index in [2.05, 4.69) is 14.9 Å². The highest BCUT2D eigenvalue weighted by Gasteiger charge is 2.10. The highest BCUT2D eigenvalue weighted by molar-refractivity contribution is 5.17. The first-order valence-electron chi connectivity index (χ1n) is 5.28. The Morgan fingerprint density at radius 1 is 1.25 bits per heavy atom. The second kappa shape index (κ2) is 4.90. The van der Waals surface area contributed by atoms with E-state index in [-0.39, 0.29) is 0 Å². The smallest absolute Gasteiger partial charge is 0.108 e. The van der Waals surface area contributed by atoms with Crippen molar-refractivity contribution in [2.24, 2.45) is 0 Å². The molecule has 1 atom stereocenters. The molecule has 16 heavy (non-hydrogen) atoms. The van der Waals surface area contributed by atoms with Gasteiger partial charge < -0.3 is 5.11 Å². The molecule has 1 unspecified atom stereocenters. The van der Waals surface area contributed by atoms with E-state index in [1.54, 1.807) is 0 Å². The lowest BCUT2D eigenvalue weighted by Gasteiger charge is -2.09. The fourth-order valence-electron chi connectivity index (χ4n) is 1.59. The second-order valence-electron chi connectivity index (χ2n) is 3.76. The maximum absolute atomic E-state index is 9.93. The molecule has 84 valence electrons. The van der Waals surface area contributed by atoms with Crippen LogP contribution in [0.25, 0.3) is 0 Å². The van der Waals surface area contributed by atoms with E-state index in [4.69, 9.17) is 0 Å². The van der Waals surface area contributed by atoms with Gasteiger partial charge in [0.1, 0.15) is 11.4 Å². The molecule has 0 fully saturated rings. The largest absolute Gasteiger partial charge is 0.388 e. The molecule has 1 aromatic heterocycles. The Kier molecular flexibility index (Phi) is 3.31. The van der Waals surface area contributed by atoms with Crippen LogP contribution in [0, 0.1) is 6.92 Å². The Hall–Kier alpha value is -1.68.